The second kappa shape index (κ2) is 11.0. The standard InChI is InChI=1S/C22H21Cl2FN4O5S2/c1-28(2)36(33,34)29(17-10-6-15(25)7-11-17)14-21(30)26-16-8-12-18(13-9-16)35(31,32)27-20-5-3-4-19(23)22(20)24/h3-13,27H,14H2,1-2H3,(H,26,30). The Kier molecular flexibility index (Phi) is 8.47. The van der Waals surface area contributed by atoms with Crippen molar-refractivity contribution in [1.82, 2.24) is 4.31 Å². The molecule has 1 amide bonds. The average molecular weight is 575 g/mol. The number of nitrogens with zero attached hydrogens (tertiary/aromatic N) is 2. The molecule has 0 fully saturated rings. The lowest BCUT2D eigenvalue weighted by Gasteiger charge is -2.26. The van der Waals surface area contributed by atoms with Gasteiger partial charge in [-0.3, -0.25) is 9.52 Å². The molecule has 3 rings (SSSR count). The molecule has 0 saturated carbocycles. The first-order valence-electron chi connectivity index (χ1n) is 10.1. The molecule has 0 spiro atoms. The molecular weight excluding hydrogens is 554 g/mol. The molecule has 0 aromatic heterocycles. The monoisotopic (exact) mass is 574 g/mol. The highest BCUT2D eigenvalue weighted by Crippen LogP contribution is 2.31. The van der Waals surface area contributed by atoms with Crippen LogP contribution in [0.1, 0.15) is 0 Å². The van der Waals surface area contributed by atoms with Crippen molar-refractivity contribution in [2.24, 2.45) is 0 Å². The van der Waals surface area contributed by atoms with Gasteiger partial charge >= 0.3 is 10.2 Å². The number of halogens is 3. The van der Waals surface area contributed by atoms with Crippen LogP contribution in [0.4, 0.5) is 21.5 Å². The van der Waals surface area contributed by atoms with E-state index < -0.39 is 38.5 Å². The maximum Gasteiger partial charge on any atom is 0.304 e. The van der Waals surface area contributed by atoms with Crippen molar-refractivity contribution in [3.05, 3.63) is 82.6 Å². The second-order valence-corrected chi connectivity index (χ2v) is 12.1. The Hall–Kier alpha value is -2.90. The van der Waals surface area contributed by atoms with Gasteiger partial charge in [0.2, 0.25) is 5.91 Å². The van der Waals surface area contributed by atoms with Gasteiger partial charge in [0.15, 0.2) is 0 Å². The lowest BCUT2D eigenvalue weighted by atomic mass is 10.3. The van der Waals surface area contributed by atoms with E-state index in [1.807, 2.05) is 0 Å². The number of hydrogen-bond acceptors (Lipinski definition) is 5. The SMILES string of the molecule is CN(C)S(=O)(=O)N(CC(=O)Nc1ccc(S(=O)(=O)Nc2cccc(Cl)c2Cl)cc1)c1ccc(F)cc1. The first-order valence-corrected chi connectivity index (χ1v) is 13.8. The van der Waals surface area contributed by atoms with Gasteiger partial charge in [0, 0.05) is 19.8 Å². The molecule has 0 aliphatic heterocycles. The highest BCUT2D eigenvalue weighted by Gasteiger charge is 2.27. The Balaban J connectivity index is 1.76. The Labute approximate surface area is 218 Å². The van der Waals surface area contributed by atoms with Crippen LogP contribution in [-0.4, -0.2) is 47.7 Å². The van der Waals surface area contributed by atoms with Crippen molar-refractivity contribution in [3.63, 3.8) is 0 Å². The molecule has 0 unspecified atom stereocenters. The van der Waals surface area contributed by atoms with Gasteiger partial charge in [0.1, 0.15) is 12.4 Å². The van der Waals surface area contributed by atoms with Gasteiger partial charge in [-0.25, -0.2) is 17.1 Å². The zero-order valence-corrected chi connectivity index (χ0v) is 22.1. The number of carbonyl (C=O) groups is 1. The van der Waals surface area contributed by atoms with Crippen LogP contribution in [0.25, 0.3) is 0 Å². The van der Waals surface area contributed by atoms with Crippen LogP contribution < -0.4 is 14.3 Å². The highest BCUT2D eigenvalue weighted by molar-refractivity contribution is 7.92. The van der Waals surface area contributed by atoms with Gasteiger partial charge in [-0.1, -0.05) is 29.3 Å². The minimum absolute atomic E-state index is 0.0463. The molecule has 0 bridgehead atoms. The van der Waals surface area contributed by atoms with Gasteiger partial charge in [-0.05, 0) is 60.7 Å². The molecule has 9 nitrogen and oxygen atoms in total. The van der Waals surface area contributed by atoms with E-state index in [0.717, 1.165) is 20.7 Å². The topological polar surface area (TPSA) is 116 Å². The molecule has 0 atom stereocenters. The number of benzene rings is 3. The fourth-order valence-corrected chi connectivity index (χ4v) is 5.48. The van der Waals surface area contributed by atoms with Crippen LogP contribution in [0, 0.1) is 5.82 Å². The molecule has 192 valence electrons. The number of sulfonamides is 1. The van der Waals surface area contributed by atoms with Crippen molar-refractivity contribution in [1.29, 1.82) is 0 Å². The normalized spacial score (nSPS) is 11.8. The summed E-state index contributed by atoms with van der Waals surface area (Å²) < 4.78 is 68.3. The summed E-state index contributed by atoms with van der Waals surface area (Å²) in [4.78, 5) is 12.5. The minimum Gasteiger partial charge on any atom is -0.325 e. The summed E-state index contributed by atoms with van der Waals surface area (Å²) in [5.41, 5.74) is 0.415. The fraction of sp³-hybridized carbons (Fsp3) is 0.136. The third kappa shape index (κ3) is 6.45. The highest BCUT2D eigenvalue weighted by atomic mass is 35.5. The first-order chi connectivity index (χ1) is 16.8. The van der Waals surface area contributed by atoms with E-state index >= 15 is 0 Å². The van der Waals surface area contributed by atoms with Crippen molar-refractivity contribution < 1.29 is 26.0 Å². The van der Waals surface area contributed by atoms with E-state index in [9.17, 15) is 26.0 Å². The summed E-state index contributed by atoms with van der Waals surface area (Å²) in [6, 6.07) is 14.3. The molecule has 0 aliphatic rings. The van der Waals surface area contributed by atoms with E-state index in [1.165, 1.54) is 68.7 Å². The summed E-state index contributed by atoms with van der Waals surface area (Å²) in [7, 11) is -5.50. The third-order valence-electron chi connectivity index (χ3n) is 4.79. The Morgan fingerprint density at radius 2 is 1.53 bits per heavy atom. The predicted octanol–water partition coefficient (Wildman–Crippen LogP) is 4.18. The van der Waals surface area contributed by atoms with E-state index in [2.05, 4.69) is 10.0 Å². The predicted molar refractivity (Wildman–Crippen MR) is 139 cm³/mol. The zero-order valence-electron chi connectivity index (χ0n) is 18.9. The van der Waals surface area contributed by atoms with Crippen molar-refractivity contribution in [2.45, 2.75) is 4.90 Å². The molecule has 0 saturated heterocycles. The summed E-state index contributed by atoms with van der Waals surface area (Å²) in [6.45, 7) is -0.610. The summed E-state index contributed by atoms with van der Waals surface area (Å²) >= 11 is 12.0. The average Bonchev–Trinajstić information content (AvgIpc) is 2.81. The van der Waals surface area contributed by atoms with Crippen LogP contribution in [0.3, 0.4) is 0 Å². The van der Waals surface area contributed by atoms with Crippen molar-refractivity contribution >= 4 is 66.4 Å². The zero-order chi connectivity index (χ0) is 26.7. The molecule has 14 heteroatoms. The molecular formula is C22H21Cl2FN4O5S2. The Morgan fingerprint density at radius 3 is 2.11 bits per heavy atom. The lowest BCUT2D eigenvalue weighted by molar-refractivity contribution is -0.114. The molecule has 3 aromatic carbocycles. The maximum absolute atomic E-state index is 13.3. The number of rotatable bonds is 9. The first kappa shape index (κ1) is 27.7. The van der Waals surface area contributed by atoms with E-state index in [-0.39, 0.29) is 32.0 Å². The molecule has 3 aromatic rings. The Bertz CT molecular complexity index is 1470. The van der Waals surface area contributed by atoms with E-state index in [4.69, 9.17) is 23.2 Å². The van der Waals surface area contributed by atoms with Crippen molar-refractivity contribution in [3.8, 4) is 0 Å². The third-order valence-corrected chi connectivity index (χ3v) is 8.81. The molecule has 2 N–H and O–H groups in total. The minimum atomic E-state index is -4.08. The number of amides is 1. The van der Waals surface area contributed by atoms with Crippen molar-refractivity contribution in [2.75, 3.05) is 35.0 Å². The van der Waals surface area contributed by atoms with Gasteiger partial charge in [0.25, 0.3) is 10.0 Å². The molecule has 0 aliphatic carbocycles. The molecule has 0 radical (unpaired) electrons. The van der Waals surface area contributed by atoms with E-state index in [1.54, 1.807) is 0 Å². The largest absolute Gasteiger partial charge is 0.325 e. The van der Waals surface area contributed by atoms with Crippen LogP contribution in [0.15, 0.2) is 71.6 Å². The van der Waals surface area contributed by atoms with Crippen LogP contribution >= 0.6 is 23.2 Å². The molecule has 0 heterocycles. The quantitative estimate of drug-likeness (QED) is 0.397. The van der Waals surface area contributed by atoms with Gasteiger partial charge in [0.05, 0.1) is 26.3 Å². The van der Waals surface area contributed by atoms with E-state index in [0.29, 0.717) is 0 Å². The van der Waals surface area contributed by atoms with Crippen LogP contribution in [0.2, 0.25) is 10.0 Å². The Morgan fingerprint density at radius 1 is 0.917 bits per heavy atom. The second-order valence-electron chi connectivity index (χ2n) is 7.55. The smallest absolute Gasteiger partial charge is 0.304 e. The molecule has 36 heavy (non-hydrogen) atoms. The lowest BCUT2D eigenvalue weighted by Crippen LogP contribution is -2.44. The van der Waals surface area contributed by atoms with Crippen LogP contribution in [0.5, 0.6) is 0 Å². The van der Waals surface area contributed by atoms with Gasteiger partial charge in [-0.15, -0.1) is 0 Å². The van der Waals surface area contributed by atoms with Gasteiger partial charge in [-0.2, -0.15) is 12.7 Å². The fourth-order valence-electron chi connectivity index (χ4n) is 2.95. The van der Waals surface area contributed by atoms with Crippen LogP contribution in [-0.2, 0) is 25.0 Å². The summed E-state index contributed by atoms with van der Waals surface area (Å²) in [5, 5.41) is 2.75. The number of hydrogen-bond donors (Lipinski definition) is 2. The van der Waals surface area contributed by atoms with Gasteiger partial charge < -0.3 is 5.32 Å². The number of carbonyl (C=O) groups excluding carboxylic acids is 1. The maximum atomic E-state index is 13.3. The summed E-state index contributed by atoms with van der Waals surface area (Å²) in [6.07, 6.45) is 0. The summed E-state index contributed by atoms with van der Waals surface area (Å²) in [5.74, 6) is -1.27. The number of nitrogens with one attached hydrogen (secondary N) is 2. The number of anilines is 3.